The second-order valence-electron chi connectivity index (χ2n) is 8.81. The van der Waals surface area contributed by atoms with E-state index >= 15 is 0 Å². The molecule has 0 spiro atoms. The van der Waals surface area contributed by atoms with Gasteiger partial charge in [-0.3, -0.25) is 9.79 Å². The quantitative estimate of drug-likeness (QED) is 0.380. The van der Waals surface area contributed by atoms with E-state index in [-0.39, 0.29) is 17.4 Å². The zero-order valence-corrected chi connectivity index (χ0v) is 20.5. The van der Waals surface area contributed by atoms with Gasteiger partial charge in [0.15, 0.2) is 0 Å². The Kier molecular flexibility index (Phi) is 6.83. The third-order valence-electron chi connectivity index (χ3n) is 6.14. The zero-order valence-electron chi connectivity index (χ0n) is 20.5. The maximum absolute atomic E-state index is 14.5. The molecule has 2 atom stereocenters. The molecular formula is C25H30FN7O2. The van der Waals surface area contributed by atoms with E-state index in [1.54, 1.807) is 32.3 Å². The number of rotatable bonds is 5. The molecule has 9 nitrogen and oxygen atoms in total. The summed E-state index contributed by atoms with van der Waals surface area (Å²) >= 11 is 0. The summed E-state index contributed by atoms with van der Waals surface area (Å²) in [5.41, 5.74) is 8.82. The molecule has 4 rings (SSSR count). The summed E-state index contributed by atoms with van der Waals surface area (Å²) in [4.78, 5) is 28.5. The predicted octanol–water partition coefficient (Wildman–Crippen LogP) is 3.24. The Bertz CT molecular complexity index is 1300. The van der Waals surface area contributed by atoms with Gasteiger partial charge in [0, 0.05) is 66.5 Å². The number of ether oxygens (including phenoxy) is 1. The third kappa shape index (κ3) is 4.88. The van der Waals surface area contributed by atoms with E-state index < -0.39 is 11.7 Å². The summed E-state index contributed by atoms with van der Waals surface area (Å²) in [5.74, 6) is -1.07. The number of amides is 1. The molecule has 1 aromatic heterocycles. The first-order valence-electron chi connectivity index (χ1n) is 11.4. The number of piperazine rings is 1. The van der Waals surface area contributed by atoms with Crippen LogP contribution in [0, 0.1) is 5.82 Å². The smallest absolute Gasteiger partial charge is 0.316 e. The summed E-state index contributed by atoms with van der Waals surface area (Å²) in [6.07, 6.45) is 1.67. The molecular weight excluding hydrogens is 449 g/mol. The van der Waals surface area contributed by atoms with Crippen molar-refractivity contribution in [2.24, 2.45) is 4.99 Å². The number of aliphatic imine (C=N–C) groups is 1. The van der Waals surface area contributed by atoms with Crippen molar-refractivity contribution in [2.45, 2.75) is 32.9 Å². The number of halogens is 1. The van der Waals surface area contributed by atoms with Gasteiger partial charge < -0.3 is 26.0 Å². The van der Waals surface area contributed by atoms with Crippen molar-refractivity contribution in [2.75, 3.05) is 43.2 Å². The van der Waals surface area contributed by atoms with Crippen LogP contribution in [-0.2, 0) is 0 Å². The Hall–Kier alpha value is -3.79. The molecule has 1 fully saturated rings. The van der Waals surface area contributed by atoms with E-state index in [2.05, 4.69) is 44.3 Å². The Balaban J connectivity index is 1.76. The second-order valence-corrected chi connectivity index (χ2v) is 8.81. The second kappa shape index (κ2) is 9.83. The first-order valence-corrected chi connectivity index (χ1v) is 11.4. The van der Waals surface area contributed by atoms with Crippen LogP contribution in [0.4, 0.5) is 21.5 Å². The minimum absolute atomic E-state index is 0.0159. The molecule has 1 saturated heterocycles. The molecule has 1 aliphatic rings. The number of methoxy groups -OCH3 is 1. The molecule has 35 heavy (non-hydrogen) atoms. The number of aromatic nitrogens is 2. The first-order chi connectivity index (χ1) is 16.7. The van der Waals surface area contributed by atoms with Crippen LogP contribution < -0.4 is 26.0 Å². The molecule has 0 bridgehead atoms. The van der Waals surface area contributed by atoms with Crippen molar-refractivity contribution in [3.8, 4) is 6.01 Å². The van der Waals surface area contributed by atoms with Crippen LogP contribution in [0.2, 0.25) is 0 Å². The lowest BCUT2D eigenvalue weighted by molar-refractivity contribution is 0.102. The van der Waals surface area contributed by atoms with Crippen molar-refractivity contribution in [3.05, 3.63) is 47.4 Å². The van der Waals surface area contributed by atoms with Crippen LogP contribution in [-0.4, -0.2) is 60.9 Å². The monoisotopic (exact) mass is 479 g/mol. The van der Waals surface area contributed by atoms with E-state index in [1.807, 2.05) is 6.07 Å². The number of nitrogens with one attached hydrogen (secondary N) is 2. The van der Waals surface area contributed by atoms with E-state index in [0.29, 0.717) is 34.4 Å². The predicted molar refractivity (Wildman–Crippen MR) is 137 cm³/mol. The number of benzene rings is 2. The largest absolute Gasteiger partial charge is 0.467 e. The molecule has 0 saturated carbocycles. The van der Waals surface area contributed by atoms with Crippen molar-refractivity contribution in [1.82, 2.24) is 15.3 Å². The summed E-state index contributed by atoms with van der Waals surface area (Å²) in [6.45, 7) is 7.62. The summed E-state index contributed by atoms with van der Waals surface area (Å²) < 4.78 is 19.7. The normalized spacial score (nSPS) is 18.6. The third-order valence-corrected chi connectivity index (χ3v) is 6.14. The molecule has 0 aliphatic carbocycles. The molecule has 184 valence electrons. The molecule has 1 amide bonds. The van der Waals surface area contributed by atoms with Gasteiger partial charge in [0.25, 0.3) is 5.91 Å². The lowest BCUT2D eigenvalue weighted by Crippen LogP contribution is -2.54. The minimum atomic E-state index is -0.632. The topological polar surface area (TPSA) is 118 Å². The Morgan fingerprint density at radius 1 is 1.26 bits per heavy atom. The van der Waals surface area contributed by atoms with Gasteiger partial charge in [-0.15, -0.1) is 0 Å². The van der Waals surface area contributed by atoms with Crippen molar-refractivity contribution >= 4 is 39.6 Å². The van der Waals surface area contributed by atoms with Crippen LogP contribution in [0.5, 0.6) is 6.01 Å². The zero-order chi connectivity index (χ0) is 25.3. The van der Waals surface area contributed by atoms with Gasteiger partial charge in [0.2, 0.25) is 0 Å². The van der Waals surface area contributed by atoms with Crippen LogP contribution in [0.15, 0.2) is 35.5 Å². The Morgan fingerprint density at radius 2 is 1.97 bits per heavy atom. The van der Waals surface area contributed by atoms with Gasteiger partial charge in [-0.1, -0.05) is 0 Å². The number of hydrogen-bond acceptors (Lipinski definition) is 8. The van der Waals surface area contributed by atoms with Gasteiger partial charge in [-0.05, 0) is 45.0 Å². The average molecular weight is 480 g/mol. The van der Waals surface area contributed by atoms with Gasteiger partial charge in [0.1, 0.15) is 5.82 Å². The van der Waals surface area contributed by atoms with Crippen molar-refractivity contribution in [1.29, 1.82) is 0 Å². The number of nitrogens with two attached hydrogens (primary N) is 1. The van der Waals surface area contributed by atoms with Gasteiger partial charge in [-0.2, -0.15) is 4.98 Å². The Labute approximate surface area is 203 Å². The molecule has 2 heterocycles. The standard InChI is InChI=1S/C25H30FN7O2/c1-13-11-33(12-14(2)30-13)21-7-6-17(23-19(21)10-29-25(32-23)35-5)24(34)31-16-8-18(15(3)28-4)22(27)20(26)9-16/h6-10,13-14,30H,11-12,27H2,1-5H3,(H,31,34)/t13-,14+. The number of nitrogens with zero attached hydrogens (tertiary/aromatic N) is 4. The van der Waals surface area contributed by atoms with Crippen LogP contribution in [0.3, 0.4) is 0 Å². The van der Waals surface area contributed by atoms with Crippen molar-refractivity contribution < 1.29 is 13.9 Å². The van der Waals surface area contributed by atoms with E-state index in [1.165, 1.54) is 13.2 Å². The molecule has 0 radical (unpaired) electrons. The fourth-order valence-electron chi connectivity index (χ4n) is 4.48. The fourth-order valence-corrected chi connectivity index (χ4v) is 4.48. The lowest BCUT2D eigenvalue weighted by Gasteiger charge is -2.38. The van der Waals surface area contributed by atoms with Gasteiger partial charge in [-0.25, -0.2) is 9.37 Å². The van der Waals surface area contributed by atoms with Crippen molar-refractivity contribution in [3.63, 3.8) is 0 Å². The maximum Gasteiger partial charge on any atom is 0.316 e. The summed E-state index contributed by atoms with van der Waals surface area (Å²) in [5, 5.41) is 7.03. The first kappa shape index (κ1) is 24.3. The van der Waals surface area contributed by atoms with Crippen LogP contribution in [0.25, 0.3) is 10.9 Å². The summed E-state index contributed by atoms with van der Waals surface area (Å²) in [7, 11) is 3.07. The number of nitrogen functional groups attached to an aromatic ring is 1. The molecule has 4 N–H and O–H groups in total. The Morgan fingerprint density at radius 3 is 2.63 bits per heavy atom. The fraction of sp³-hybridized carbons (Fsp3) is 0.360. The molecule has 1 aliphatic heterocycles. The number of carbonyl (C=O) groups is 1. The molecule has 10 heteroatoms. The van der Waals surface area contributed by atoms with E-state index in [0.717, 1.165) is 24.2 Å². The molecule has 0 unspecified atom stereocenters. The number of hydrogen-bond donors (Lipinski definition) is 3. The number of fused-ring (bicyclic) bond motifs is 1. The highest BCUT2D eigenvalue weighted by atomic mass is 19.1. The highest BCUT2D eigenvalue weighted by Gasteiger charge is 2.25. The minimum Gasteiger partial charge on any atom is -0.467 e. The van der Waals surface area contributed by atoms with Crippen LogP contribution >= 0.6 is 0 Å². The molecule has 3 aromatic rings. The average Bonchev–Trinajstić information content (AvgIpc) is 2.83. The maximum atomic E-state index is 14.5. The lowest BCUT2D eigenvalue weighted by atomic mass is 10.0. The highest BCUT2D eigenvalue weighted by molar-refractivity contribution is 6.14. The van der Waals surface area contributed by atoms with Gasteiger partial charge in [0.05, 0.1) is 23.9 Å². The summed E-state index contributed by atoms with van der Waals surface area (Å²) in [6, 6.07) is 7.19. The van der Waals surface area contributed by atoms with E-state index in [4.69, 9.17) is 10.5 Å². The number of carbonyl (C=O) groups excluding carboxylic acids is 1. The molecule has 2 aromatic carbocycles. The van der Waals surface area contributed by atoms with E-state index in [9.17, 15) is 9.18 Å². The number of anilines is 3. The SMILES string of the molecule is CN=C(C)c1cc(NC(=O)c2ccc(N3C[C@@H](C)N[C@@H](C)C3)c3cnc(OC)nc23)cc(F)c1N. The highest BCUT2D eigenvalue weighted by Crippen LogP contribution is 2.31. The van der Waals surface area contributed by atoms with Gasteiger partial charge >= 0.3 is 6.01 Å². The van der Waals surface area contributed by atoms with Crippen LogP contribution in [0.1, 0.15) is 36.7 Å².